The van der Waals surface area contributed by atoms with Crippen molar-refractivity contribution < 1.29 is 0 Å². The molecule has 0 unspecified atom stereocenters. The zero-order chi connectivity index (χ0) is 14.7. The van der Waals surface area contributed by atoms with Gasteiger partial charge < -0.3 is 5.73 Å². The highest BCUT2D eigenvalue weighted by atomic mass is 15.2. The van der Waals surface area contributed by atoms with Gasteiger partial charge in [0.1, 0.15) is 0 Å². The zero-order valence-corrected chi connectivity index (χ0v) is 13.7. The van der Waals surface area contributed by atoms with E-state index in [0.717, 1.165) is 13.1 Å². The van der Waals surface area contributed by atoms with Crippen molar-refractivity contribution in [1.82, 2.24) is 5.43 Å². The summed E-state index contributed by atoms with van der Waals surface area (Å²) in [4.78, 5) is 0. The van der Waals surface area contributed by atoms with Crippen LogP contribution in [0.25, 0.3) is 0 Å². The van der Waals surface area contributed by atoms with E-state index in [1.165, 1.54) is 96.3 Å². The number of hydrogen-bond acceptors (Lipinski definition) is 3. The molecule has 0 atom stereocenters. The number of hydrazine groups is 1. The molecular formula is C17H39N3. The van der Waals surface area contributed by atoms with Crippen molar-refractivity contribution in [3.8, 4) is 0 Å². The van der Waals surface area contributed by atoms with E-state index in [4.69, 9.17) is 11.6 Å². The van der Waals surface area contributed by atoms with E-state index in [1.807, 2.05) is 0 Å². The number of rotatable bonds is 17. The molecule has 0 amide bonds. The van der Waals surface area contributed by atoms with Gasteiger partial charge in [0, 0.05) is 6.54 Å². The van der Waals surface area contributed by atoms with Crippen molar-refractivity contribution >= 4 is 0 Å². The van der Waals surface area contributed by atoms with E-state index < -0.39 is 0 Å². The third kappa shape index (κ3) is 17.9. The molecule has 0 rings (SSSR count). The third-order valence-corrected chi connectivity index (χ3v) is 4.03. The molecule has 3 heteroatoms. The Labute approximate surface area is 127 Å². The van der Waals surface area contributed by atoms with Crippen LogP contribution >= 0.6 is 0 Å². The Morgan fingerprint density at radius 3 is 1.05 bits per heavy atom. The molecule has 122 valence electrons. The molecule has 20 heavy (non-hydrogen) atoms. The predicted molar refractivity (Wildman–Crippen MR) is 90.5 cm³/mol. The first kappa shape index (κ1) is 19.9. The Hall–Kier alpha value is -0.120. The molecule has 0 heterocycles. The molecule has 0 aliphatic carbocycles. The fourth-order valence-electron chi connectivity index (χ4n) is 2.67. The predicted octanol–water partition coefficient (Wildman–Crippen LogP) is 4.26. The van der Waals surface area contributed by atoms with Gasteiger partial charge in [-0.3, -0.25) is 11.3 Å². The standard InChI is InChI=1S/C17H39N3/c18-16-14-12-10-8-6-4-2-1-3-5-7-9-11-13-15-17-20-19/h20H,1-19H2. The van der Waals surface area contributed by atoms with Crippen LogP contribution in [0.4, 0.5) is 0 Å². The Bertz CT molecular complexity index is 144. The smallest absolute Gasteiger partial charge is 0.00974 e. The van der Waals surface area contributed by atoms with Gasteiger partial charge in [0.2, 0.25) is 0 Å². The van der Waals surface area contributed by atoms with Crippen LogP contribution in [0.2, 0.25) is 0 Å². The van der Waals surface area contributed by atoms with Gasteiger partial charge in [0.05, 0.1) is 0 Å². The van der Waals surface area contributed by atoms with Crippen LogP contribution in [-0.2, 0) is 0 Å². The highest BCUT2D eigenvalue weighted by Crippen LogP contribution is 2.13. The molecule has 0 aromatic heterocycles. The number of nitrogens with two attached hydrogens (primary N) is 2. The maximum Gasteiger partial charge on any atom is 0.00974 e. The Morgan fingerprint density at radius 1 is 0.450 bits per heavy atom. The van der Waals surface area contributed by atoms with Crippen LogP contribution in [0.5, 0.6) is 0 Å². The fraction of sp³-hybridized carbons (Fsp3) is 1.00. The van der Waals surface area contributed by atoms with Crippen LogP contribution in [0, 0.1) is 0 Å². The Kier molecular flexibility index (Phi) is 18.8. The maximum absolute atomic E-state index is 5.48. The van der Waals surface area contributed by atoms with Gasteiger partial charge in [-0.15, -0.1) is 0 Å². The first-order valence-corrected chi connectivity index (χ1v) is 9.05. The molecular weight excluding hydrogens is 246 g/mol. The SMILES string of the molecule is NCCCCCCCCCCCCCCCCCNN. The summed E-state index contributed by atoms with van der Waals surface area (Å²) in [6, 6.07) is 0. The van der Waals surface area contributed by atoms with Crippen LogP contribution in [-0.4, -0.2) is 13.1 Å². The second-order valence-electron chi connectivity index (χ2n) is 6.05. The van der Waals surface area contributed by atoms with Crippen LogP contribution in [0.3, 0.4) is 0 Å². The summed E-state index contributed by atoms with van der Waals surface area (Å²) in [6.07, 6.45) is 20.7. The highest BCUT2D eigenvalue weighted by Gasteiger charge is 1.94. The molecule has 0 aliphatic heterocycles. The maximum atomic E-state index is 5.48. The molecule has 0 radical (unpaired) electrons. The van der Waals surface area contributed by atoms with E-state index in [1.54, 1.807) is 0 Å². The summed E-state index contributed by atoms with van der Waals surface area (Å²) in [5.41, 5.74) is 8.19. The molecule has 0 aliphatic rings. The largest absolute Gasteiger partial charge is 0.330 e. The van der Waals surface area contributed by atoms with Crippen molar-refractivity contribution in [2.24, 2.45) is 11.6 Å². The average molecular weight is 286 g/mol. The lowest BCUT2D eigenvalue weighted by Crippen LogP contribution is -2.22. The minimum Gasteiger partial charge on any atom is -0.330 e. The molecule has 3 nitrogen and oxygen atoms in total. The van der Waals surface area contributed by atoms with Crippen molar-refractivity contribution in [2.75, 3.05) is 13.1 Å². The minimum absolute atomic E-state index is 0.865. The van der Waals surface area contributed by atoms with Gasteiger partial charge in [-0.1, -0.05) is 83.5 Å². The molecule has 0 bridgehead atoms. The second kappa shape index (κ2) is 18.9. The first-order chi connectivity index (χ1) is 9.91. The average Bonchev–Trinajstić information content (AvgIpc) is 2.47. The van der Waals surface area contributed by atoms with Gasteiger partial charge in [-0.05, 0) is 19.4 Å². The topological polar surface area (TPSA) is 64.1 Å². The van der Waals surface area contributed by atoms with E-state index in [-0.39, 0.29) is 0 Å². The number of unbranched alkanes of at least 4 members (excludes halogenated alkanes) is 14. The van der Waals surface area contributed by atoms with Crippen LogP contribution < -0.4 is 17.0 Å². The van der Waals surface area contributed by atoms with Crippen molar-refractivity contribution in [2.45, 2.75) is 96.3 Å². The van der Waals surface area contributed by atoms with E-state index in [9.17, 15) is 0 Å². The van der Waals surface area contributed by atoms with Gasteiger partial charge >= 0.3 is 0 Å². The summed E-state index contributed by atoms with van der Waals surface area (Å²) in [5.74, 6) is 5.23. The summed E-state index contributed by atoms with van der Waals surface area (Å²) in [6.45, 7) is 1.83. The zero-order valence-electron chi connectivity index (χ0n) is 13.7. The number of nitrogens with one attached hydrogen (secondary N) is 1. The molecule has 0 saturated carbocycles. The molecule has 5 N–H and O–H groups in total. The molecule has 0 saturated heterocycles. The summed E-state index contributed by atoms with van der Waals surface area (Å²) < 4.78 is 0. The summed E-state index contributed by atoms with van der Waals surface area (Å²) in [5, 5.41) is 0. The van der Waals surface area contributed by atoms with Crippen LogP contribution in [0.15, 0.2) is 0 Å². The summed E-state index contributed by atoms with van der Waals surface area (Å²) in [7, 11) is 0. The van der Waals surface area contributed by atoms with Gasteiger partial charge in [0.25, 0.3) is 0 Å². The first-order valence-electron chi connectivity index (χ1n) is 9.05. The second-order valence-corrected chi connectivity index (χ2v) is 6.05. The fourth-order valence-corrected chi connectivity index (χ4v) is 2.67. The molecule has 0 aromatic rings. The Morgan fingerprint density at radius 2 is 0.750 bits per heavy atom. The monoisotopic (exact) mass is 285 g/mol. The van der Waals surface area contributed by atoms with Gasteiger partial charge in [-0.2, -0.15) is 0 Å². The minimum atomic E-state index is 0.865. The lowest BCUT2D eigenvalue weighted by molar-refractivity contribution is 0.527. The van der Waals surface area contributed by atoms with E-state index in [0.29, 0.717) is 0 Å². The Balaban J connectivity index is 2.89. The van der Waals surface area contributed by atoms with Crippen LogP contribution in [0.1, 0.15) is 96.3 Å². The molecule has 0 fully saturated rings. The number of hydrogen-bond donors (Lipinski definition) is 3. The lowest BCUT2D eigenvalue weighted by Gasteiger charge is -2.03. The normalized spacial score (nSPS) is 11.1. The van der Waals surface area contributed by atoms with Gasteiger partial charge in [0.15, 0.2) is 0 Å². The third-order valence-electron chi connectivity index (χ3n) is 4.03. The van der Waals surface area contributed by atoms with Crippen molar-refractivity contribution in [3.05, 3.63) is 0 Å². The molecule has 0 spiro atoms. The molecule has 0 aromatic carbocycles. The lowest BCUT2D eigenvalue weighted by atomic mass is 10.0. The van der Waals surface area contributed by atoms with Gasteiger partial charge in [-0.25, -0.2) is 0 Å². The quantitative estimate of drug-likeness (QED) is 0.212. The highest BCUT2D eigenvalue weighted by molar-refractivity contribution is 4.50. The van der Waals surface area contributed by atoms with E-state index >= 15 is 0 Å². The van der Waals surface area contributed by atoms with E-state index in [2.05, 4.69) is 5.43 Å². The van der Waals surface area contributed by atoms with Crippen molar-refractivity contribution in [3.63, 3.8) is 0 Å². The van der Waals surface area contributed by atoms with Crippen molar-refractivity contribution in [1.29, 1.82) is 0 Å². The summed E-state index contributed by atoms with van der Waals surface area (Å²) >= 11 is 0.